The Bertz CT molecular complexity index is 237. The van der Waals surface area contributed by atoms with Crippen molar-refractivity contribution in [2.75, 3.05) is 17.2 Å². The Morgan fingerprint density at radius 2 is 1.00 bits per heavy atom. The topological polar surface area (TPSA) is 164 Å². The van der Waals surface area contributed by atoms with Crippen molar-refractivity contribution in [1.29, 1.82) is 10.8 Å². The Morgan fingerprint density at radius 3 is 1.17 bits per heavy atom. The zero-order valence-corrected chi connectivity index (χ0v) is 6.07. The Labute approximate surface area is 67.9 Å². The normalized spacial score (nSPS) is 7.67. The third kappa shape index (κ3) is 3.75. The molecule has 12 heavy (non-hydrogen) atoms. The van der Waals surface area contributed by atoms with Crippen LogP contribution in [-0.4, -0.2) is 21.0 Å². The molecule has 64 valence electrons. The van der Waals surface area contributed by atoms with Gasteiger partial charge in [0.2, 0.25) is 17.8 Å². The number of aromatic nitrogens is 3. The Kier molecular flexibility index (Phi) is 3.74. The van der Waals surface area contributed by atoms with E-state index in [1.54, 1.807) is 0 Å². The van der Waals surface area contributed by atoms with Gasteiger partial charge in [-0.05, 0) is 0 Å². The summed E-state index contributed by atoms with van der Waals surface area (Å²) in [5.74, 6) is 0.125. The molecule has 0 amide bonds. The van der Waals surface area contributed by atoms with Gasteiger partial charge in [-0.25, -0.2) is 10.8 Å². The number of nitrogens with one attached hydrogen (secondary N) is 2. The second kappa shape index (κ2) is 4.58. The van der Waals surface area contributed by atoms with Gasteiger partial charge in [0, 0.05) is 0 Å². The molecule has 8 nitrogen and oxygen atoms in total. The fourth-order valence-electron chi connectivity index (χ4n) is 0.427. The first-order valence-corrected chi connectivity index (χ1v) is 2.71. The molecular formula is C4H8N8. The van der Waals surface area contributed by atoms with Gasteiger partial charge in [0.25, 0.3) is 0 Å². The number of nitrogen functional groups attached to an aromatic ring is 3. The highest BCUT2D eigenvalue weighted by Gasteiger charge is 1.93. The molecule has 0 aliphatic heterocycles. The average molecular weight is 168 g/mol. The molecule has 0 radical (unpaired) electrons. The van der Waals surface area contributed by atoms with Crippen molar-refractivity contribution < 1.29 is 0 Å². The van der Waals surface area contributed by atoms with Gasteiger partial charge in [-0.3, -0.25) is 0 Å². The monoisotopic (exact) mass is 168 g/mol. The van der Waals surface area contributed by atoms with Crippen LogP contribution >= 0.6 is 0 Å². The SMILES string of the molecule is N=C=N.Nc1nc(N)nc(N)n1. The molecule has 0 saturated carbocycles. The standard InChI is InChI=1S/C3H6N6.CH2N2/c4-1-7-2(5)9-3(6)8-1;2-1-3/h(H6,4,5,6,7,8,9);2-3H. The first-order chi connectivity index (χ1) is 5.60. The molecule has 1 heterocycles. The van der Waals surface area contributed by atoms with E-state index in [2.05, 4.69) is 15.0 Å². The van der Waals surface area contributed by atoms with Crippen LogP contribution in [0.5, 0.6) is 0 Å². The molecule has 1 rings (SSSR count). The molecule has 0 unspecified atom stereocenters. The molecule has 1 aromatic rings. The highest BCUT2D eigenvalue weighted by molar-refractivity contribution is 5.33. The maximum Gasteiger partial charge on any atom is 0.226 e. The molecule has 0 saturated heterocycles. The van der Waals surface area contributed by atoms with Crippen LogP contribution in [-0.2, 0) is 0 Å². The molecular weight excluding hydrogens is 160 g/mol. The van der Waals surface area contributed by atoms with Crippen LogP contribution in [0.15, 0.2) is 0 Å². The lowest BCUT2D eigenvalue weighted by Crippen LogP contribution is -2.05. The minimum atomic E-state index is 0.0417. The number of rotatable bonds is 0. The molecule has 0 aromatic carbocycles. The molecule has 0 aliphatic rings. The number of hydrogen-bond donors (Lipinski definition) is 5. The summed E-state index contributed by atoms with van der Waals surface area (Å²) in [5, 5.41) is 11.2. The van der Waals surface area contributed by atoms with Crippen LogP contribution in [0.1, 0.15) is 0 Å². The average Bonchev–Trinajstić information content (AvgIpc) is 1.84. The quantitative estimate of drug-likeness (QED) is 0.309. The van der Waals surface area contributed by atoms with Crippen molar-refractivity contribution in [2.24, 2.45) is 0 Å². The van der Waals surface area contributed by atoms with E-state index in [-0.39, 0.29) is 17.8 Å². The second-order valence-electron chi connectivity index (χ2n) is 1.54. The number of nitrogens with zero attached hydrogens (tertiary/aromatic N) is 3. The summed E-state index contributed by atoms with van der Waals surface area (Å²) in [6.07, 6.45) is 0. The maximum absolute atomic E-state index is 5.62. The second-order valence-corrected chi connectivity index (χ2v) is 1.54. The van der Waals surface area contributed by atoms with Crippen molar-refractivity contribution in [3.8, 4) is 0 Å². The van der Waals surface area contributed by atoms with E-state index in [0.717, 1.165) is 0 Å². The molecule has 0 bridgehead atoms. The molecule has 0 spiro atoms. The van der Waals surface area contributed by atoms with Crippen LogP contribution in [0.3, 0.4) is 0 Å². The first kappa shape index (κ1) is 9.79. The summed E-state index contributed by atoms with van der Waals surface area (Å²) in [6.45, 7) is 0. The zero-order valence-electron chi connectivity index (χ0n) is 6.07. The van der Waals surface area contributed by atoms with E-state index in [1.807, 2.05) is 0 Å². The maximum atomic E-state index is 5.62. The molecule has 0 fully saturated rings. The molecule has 8 N–H and O–H groups in total. The van der Waals surface area contributed by atoms with Gasteiger partial charge in [-0.1, -0.05) is 0 Å². The van der Waals surface area contributed by atoms with Gasteiger partial charge in [0.1, 0.15) is 0 Å². The van der Waals surface area contributed by atoms with Crippen LogP contribution in [0, 0.1) is 10.8 Å². The number of anilines is 3. The Hall–Kier alpha value is -2.21. The van der Waals surface area contributed by atoms with Gasteiger partial charge in [0.05, 0.1) is 6.01 Å². The number of nitrogens with two attached hydrogens (primary N) is 3. The summed E-state index contributed by atoms with van der Waals surface area (Å²) in [4.78, 5) is 10.5. The molecule has 8 heteroatoms. The predicted molar refractivity (Wildman–Crippen MR) is 43.5 cm³/mol. The van der Waals surface area contributed by atoms with E-state index >= 15 is 0 Å². The van der Waals surface area contributed by atoms with Gasteiger partial charge in [-0.15, -0.1) is 0 Å². The van der Waals surface area contributed by atoms with Crippen molar-refractivity contribution >= 4 is 23.9 Å². The molecule has 1 aromatic heterocycles. The van der Waals surface area contributed by atoms with Crippen molar-refractivity contribution in [1.82, 2.24) is 15.0 Å². The van der Waals surface area contributed by atoms with Crippen LogP contribution in [0.2, 0.25) is 0 Å². The first-order valence-electron chi connectivity index (χ1n) is 2.71. The summed E-state index contributed by atoms with van der Waals surface area (Å²) in [5.41, 5.74) is 15.4. The van der Waals surface area contributed by atoms with E-state index in [4.69, 9.17) is 28.0 Å². The van der Waals surface area contributed by atoms with Gasteiger partial charge < -0.3 is 17.2 Å². The van der Waals surface area contributed by atoms with Crippen molar-refractivity contribution in [2.45, 2.75) is 0 Å². The Morgan fingerprint density at radius 1 is 0.833 bits per heavy atom. The van der Waals surface area contributed by atoms with E-state index in [0.29, 0.717) is 0 Å². The highest BCUT2D eigenvalue weighted by atomic mass is 15.2. The minimum absolute atomic E-state index is 0.0417. The van der Waals surface area contributed by atoms with Crippen LogP contribution < -0.4 is 17.2 Å². The van der Waals surface area contributed by atoms with Crippen molar-refractivity contribution in [3.63, 3.8) is 0 Å². The predicted octanol–water partition coefficient (Wildman–Crippen LogP) is -1.06. The van der Waals surface area contributed by atoms with Crippen molar-refractivity contribution in [3.05, 3.63) is 0 Å². The highest BCUT2D eigenvalue weighted by Crippen LogP contribution is 1.97. The zero-order chi connectivity index (χ0) is 9.56. The van der Waals surface area contributed by atoms with Crippen LogP contribution in [0.4, 0.5) is 17.8 Å². The molecule has 0 aliphatic carbocycles. The summed E-state index contributed by atoms with van der Waals surface area (Å²) in [6, 6.07) is 1.25. The van der Waals surface area contributed by atoms with E-state index < -0.39 is 0 Å². The largest absolute Gasteiger partial charge is 0.368 e. The minimum Gasteiger partial charge on any atom is -0.368 e. The van der Waals surface area contributed by atoms with Gasteiger partial charge >= 0.3 is 0 Å². The third-order valence-corrected chi connectivity index (χ3v) is 0.687. The lowest BCUT2D eigenvalue weighted by Gasteiger charge is -1.93. The lowest BCUT2D eigenvalue weighted by atomic mass is 10.9. The molecule has 0 atom stereocenters. The van der Waals surface area contributed by atoms with Gasteiger partial charge in [0.15, 0.2) is 0 Å². The smallest absolute Gasteiger partial charge is 0.226 e. The fraction of sp³-hybridized carbons (Fsp3) is 0. The summed E-state index contributed by atoms with van der Waals surface area (Å²) < 4.78 is 0. The fourth-order valence-corrected chi connectivity index (χ4v) is 0.427. The summed E-state index contributed by atoms with van der Waals surface area (Å²) in [7, 11) is 0. The van der Waals surface area contributed by atoms with Gasteiger partial charge in [-0.2, -0.15) is 15.0 Å². The lowest BCUT2D eigenvalue weighted by molar-refractivity contribution is 1.09. The van der Waals surface area contributed by atoms with E-state index in [9.17, 15) is 0 Å². The Balaban J connectivity index is 0.000000354. The summed E-state index contributed by atoms with van der Waals surface area (Å²) >= 11 is 0. The number of hydrogen-bond acceptors (Lipinski definition) is 8. The van der Waals surface area contributed by atoms with E-state index in [1.165, 1.54) is 6.01 Å². The van der Waals surface area contributed by atoms with Crippen LogP contribution in [0.25, 0.3) is 0 Å². The third-order valence-electron chi connectivity index (χ3n) is 0.687.